The average molecular weight is 242 g/mol. The van der Waals surface area contributed by atoms with Crippen molar-refractivity contribution in [3.8, 4) is 0 Å². The number of aliphatic carboxylic acids is 1. The van der Waals surface area contributed by atoms with Crippen molar-refractivity contribution in [2.75, 3.05) is 5.75 Å². The molecule has 2 N–H and O–H groups in total. The van der Waals surface area contributed by atoms with E-state index in [0.29, 0.717) is 23.4 Å². The molecule has 2 rings (SSSR count). The van der Waals surface area contributed by atoms with Gasteiger partial charge in [-0.05, 0) is 19.3 Å². The Labute approximate surface area is 97.6 Å². The number of carboxylic acid groups (broad SMARTS) is 1. The number of nitrogens with zero attached hydrogens (tertiary/aromatic N) is 1. The van der Waals surface area contributed by atoms with Crippen molar-refractivity contribution < 1.29 is 14.3 Å². The van der Waals surface area contributed by atoms with Crippen molar-refractivity contribution in [3.63, 3.8) is 0 Å². The molecule has 1 aliphatic carbocycles. The molecule has 6 heteroatoms. The maximum Gasteiger partial charge on any atom is 0.320 e. The normalized spacial score (nSPS) is 17.2. The van der Waals surface area contributed by atoms with Gasteiger partial charge >= 0.3 is 5.97 Å². The van der Waals surface area contributed by atoms with E-state index in [0.717, 1.165) is 12.8 Å². The van der Waals surface area contributed by atoms with Crippen LogP contribution in [0.25, 0.3) is 0 Å². The first-order valence-electron chi connectivity index (χ1n) is 5.27. The number of aromatic nitrogens is 1. The Kier molecular flexibility index (Phi) is 3.84. The zero-order chi connectivity index (χ0) is 11.4. The summed E-state index contributed by atoms with van der Waals surface area (Å²) in [4.78, 5) is 14.9. The van der Waals surface area contributed by atoms with Gasteiger partial charge in [-0.3, -0.25) is 4.79 Å². The number of nitrogens with one attached hydrogen (secondary N) is 1. The van der Waals surface area contributed by atoms with Crippen LogP contribution in [0.4, 0.5) is 0 Å². The molecule has 0 spiro atoms. The first-order chi connectivity index (χ1) is 7.75. The number of rotatable bonds is 7. The second-order valence-electron chi connectivity index (χ2n) is 3.77. The zero-order valence-corrected chi connectivity index (χ0v) is 9.57. The van der Waals surface area contributed by atoms with Gasteiger partial charge in [-0.2, -0.15) is 0 Å². The van der Waals surface area contributed by atoms with E-state index in [1.165, 1.54) is 18.0 Å². The van der Waals surface area contributed by atoms with Gasteiger partial charge < -0.3 is 14.8 Å². The third kappa shape index (κ3) is 3.53. The Hall–Kier alpha value is -1.01. The average Bonchev–Trinajstić information content (AvgIpc) is 2.91. The monoisotopic (exact) mass is 242 g/mol. The van der Waals surface area contributed by atoms with Crippen LogP contribution in [0.2, 0.25) is 0 Å². The fraction of sp³-hybridized carbons (Fsp3) is 0.600. The van der Waals surface area contributed by atoms with Crippen molar-refractivity contribution in [2.24, 2.45) is 0 Å². The summed E-state index contributed by atoms with van der Waals surface area (Å²) < 4.78 is 5.05. The van der Waals surface area contributed by atoms with Gasteiger partial charge in [0.2, 0.25) is 0 Å². The lowest BCUT2D eigenvalue weighted by Crippen LogP contribution is -2.38. The third-order valence-corrected chi connectivity index (χ3v) is 3.24. The summed E-state index contributed by atoms with van der Waals surface area (Å²) >= 11 is 1.44. The van der Waals surface area contributed by atoms with Gasteiger partial charge in [-0.15, -0.1) is 0 Å². The molecule has 1 aromatic heterocycles. The van der Waals surface area contributed by atoms with Gasteiger partial charge in [-0.25, -0.2) is 4.98 Å². The Morgan fingerprint density at radius 2 is 2.56 bits per heavy atom. The van der Waals surface area contributed by atoms with Crippen molar-refractivity contribution in [1.29, 1.82) is 0 Å². The maximum atomic E-state index is 10.9. The molecule has 16 heavy (non-hydrogen) atoms. The second-order valence-corrected chi connectivity index (χ2v) is 4.81. The molecule has 88 valence electrons. The van der Waals surface area contributed by atoms with Gasteiger partial charge in [-0.1, -0.05) is 11.8 Å². The minimum absolute atomic E-state index is 0.410. The summed E-state index contributed by atoms with van der Waals surface area (Å²) in [7, 11) is 0. The summed E-state index contributed by atoms with van der Waals surface area (Å²) in [6.07, 6.45) is 5.87. The highest BCUT2D eigenvalue weighted by molar-refractivity contribution is 7.99. The summed E-state index contributed by atoms with van der Waals surface area (Å²) in [6.45, 7) is 0. The molecule has 0 aromatic carbocycles. The van der Waals surface area contributed by atoms with Crippen LogP contribution in [0, 0.1) is 0 Å². The first kappa shape index (κ1) is 11.5. The minimum Gasteiger partial charge on any atom is -0.480 e. The summed E-state index contributed by atoms with van der Waals surface area (Å²) in [5.41, 5.74) is 0. The number of hydrogen-bond donors (Lipinski definition) is 2. The van der Waals surface area contributed by atoms with E-state index in [2.05, 4.69) is 10.3 Å². The number of carbonyl (C=O) groups is 1. The standard InChI is InChI=1S/C10H14N2O3S/c13-9(14)8(12-7-1-2-7)3-6-16-10-11-4-5-15-10/h4-5,7-8,12H,1-3,6H2,(H,13,14). The van der Waals surface area contributed by atoms with Crippen LogP contribution in [0.15, 0.2) is 22.1 Å². The van der Waals surface area contributed by atoms with Crippen molar-refractivity contribution >= 4 is 17.7 Å². The van der Waals surface area contributed by atoms with Crippen LogP contribution in [-0.4, -0.2) is 33.9 Å². The van der Waals surface area contributed by atoms with E-state index in [4.69, 9.17) is 9.52 Å². The second kappa shape index (κ2) is 5.36. The SMILES string of the molecule is O=C(O)C(CCSc1ncco1)NC1CC1. The molecule has 1 heterocycles. The molecule has 1 unspecified atom stereocenters. The molecule has 1 fully saturated rings. The molecule has 0 aliphatic heterocycles. The topological polar surface area (TPSA) is 75.4 Å². The van der Waals surface area contributed by atoms with E-state index in [1.807, 2.05) is 0 Å². The zero-order valence-electron chi connectivity index (χ0n) is 8.76. The lowest BCUT2D eigenvalue weighted by molar-refractivity contribution is -0.139. The highest BCUT2D eigenvalue weighted by Gasteiger charge is 2.27. The molecule has 0 saturated heterocycles. The highest BCUT2D eigenvalue weighted by atomic mass is 32.2. The smallest absolute Gasteiger partial charge is 0.320 e. The van der Waals surface area contributed by atoms with E-state index >= 15 is 0 Å². The Bertz CT molecular complexity index is 338. The van der Waals surface area contributed by atoms with E-state index in [9.17, 15) is 4.79 Å². The highest BCUT2D eigenvalue weighted by Crippen LogP contribution is 2.21. The van der Waals surface area contributed by atoms with Crippen LogP contribution < -0.4 is 5.32 Å². The van der Waals surface area contributed by atoms with Crippen LogP contribution >= 0.6 is 11.8 Å². The predicted molar refractivity (Wildman–Crippen MR) is 59.4 cm³/mol. The van der Waals surface area contributed by atoms with Gasteiger partial charge in [0, 0.05) is 11.8 Å². The lowest BCUT2D eigenvalue weighted by Gasteiger charge is -2.12. The predicted octanol–water partition coefficient (Wildman–Crippen LogP) is 1.36. The van der Waals surface area contributed by atoms with Crippen LogP contribution in [0.5, 0.6) is 0 Å². The third-order valence-electron chi connectivity index (χ3n) is 2.35. The van der Waals surface area contributed by atoms with Crippen molar-refractivity contribution in [3.05, 3.63) is 12.5 Å². The van der Waals surface area contributed by atoms with Crippen molar-refractivity contribution in [1.82, 2.24) is 10.3 Å². The molecular formula is C10H14N2O3S. The molecule has 0 bridgehead atoms. The maximum absolute atomic E-state index is 10.9. The molecule has 1 atom stereocenters. The minimum atomic E-state index is -0.778. The van der Waals surface area contributed by atoms with Gasteiger partial charge in [0.15, 0.2) is 0 Å². The molecule has 5 nitrogen and oxygen atoms in total. The van der Waals surface area contributed by atoms with Crippen LogP contribution in [0.3, 0.4) is 0 Å². The number of oxazole rings is 1. The van der Waals surface area contributed by atoms with E-state index in [1.54, 1.807) is 6.20 Å². The molecular weight excluding hydrogens is 228 g/mol. The largest absolute Gasteiger partial charge is 0.480 e. The first-order valence-corrected chi connectivity index (χ1v) is 6.25. The molecule has 1 aliphatic rings. The summed E-state index contributed by atoms with van der Waals surface area (Å²) in [6, 6.07) is -0.0391. The molecule has 1 saturated carbocycles. The summed E-state index contributed by atoms with van der Waals surface area (Å²) in [5, 5.41) is 12.7. The molecule has 0 amide bonds. The number of carboxylic acids is 1. The Balaban J connectivity index is 1.70. The van der Waals surface area contributed by atoms with Gasteiger partial charge in [0.25, 0.3) is 5.22 Å². The van der Waals surface area contributed by atoms with Gasteiger partial charge in [0.1, 0.15) is 12.3 Å². The van der Waals surface area contributed by atoms with Crippen LogP contribution in [-0.2, 0) is 4.79 Å². The van der Waals surface area contributed by atoms with E-state index in [-0.39, 0.29) is 0 Å². The summed E-state index contributed by atoms with van der Waals surface area (Å²) in [5.74, 6) is -0.0862. The Morgan fingerprint density at radius 1 is 1.75 bits per heavy atom. The Morgan fingerprint density at radius 3 is 3.12 bits per heavy atom. The quantitative estimate of drug-likeness (QED) is 0.703. The lowest BCUT2D eigenvalue weighted by atomic mass is 10.2. The molecule has 1 aromatic rings. The van der Waals surface area contributed by atoms with Gasteiger partial charge in [0.05, 0.1) is 6.20 Å². The van der Waals surface area contributed by atoms with E-state index < -0.39 is 12.0 Å². The van der Waals surface area contributed by atoms with Crippen molar-refractivity contribution in [2.45, 2.75) is 36.6 Å². The molecule has 0 radical (unpaired) electrons. The fourth-order valence-corrected chi connectivity index (χ4v) is 2.15. The fourth-order valence-electron chi connectivity index (χ4n) is 1.36. The number of hydrogen-bond acceptors (Lipinski definition) is 5. The number of thioether (sulfide) groups is 1. The van der Waals surface area contributed by atoms with Crippen LogP contribution in [0.1, 0.15) is 19.3 Å².